The van der Waals surface area contributed by atoms with Crippen molar-refractivity contribution in [3.63, 3.8) is 0 Å². The van der Waals surface area contributed by atoms with Gasteiger partial charge in [0.15, 0.2) is 0 Å². The Bertz CT molecular complexity index is 3230. The summed E-state index contributed by atoms with van der Waals surface area (Å²) in [6, 6.07) is 27.2. The molecule has 8 saturated heterocycles. The van der Waals surface area contributed by atoms with Gasteiger partial charge in [0.2, 0.25) is 0 Å². The van der Waals surface area contributed by atoms with Crippen LogP contribution in [0, 0.1) is 17.7 Å². The number of aromatic amines is 4. The van der Waals surface area contributed by atoms with E-state index in [-0.39, 0.29) is 23.0 Å². The molecule has 8 aliphatic rings. The summed E-state index contributed by atoms with van der Waals surface area (Å²) in [7, 11) is 0. The molecule has 4 aromatic heterocycles. The lowest BCUT2D eigenvalue weighted by Crippen LogP contribution is -2.53. The zero-order valence-corrected chi connectivity index (χ0v) is 39.9. The molecule has 7 N–H and O–H groups in total. The summed E-state index contributed by atoms with van der Waals surface area (Å²) < 4.78 is 24.4. The molecule has 8 aromatic rings. The van der Waals surface area contributed by atoms with Crippen LogP contribution in [0.4, 0.5) is 21.5 Å². The van der Waals surface area contributed by atoms with Crippen molar-refractivity contribution in [1.29, 1.82) is 0 Å². The minimum absolute atomic E-state index is 0.126. The maximum atomic E-state index is 13.9. The molecule has 368 valence electrons. The Labute approximate surface area is 409 Å². The van der Waals surface area contributed by atoms with Crippen LogP contribution in [0.25, 0.3) is 66.6 Å². The summed E-state index contributed by atoms with van der Waals surface area (Å²) in [4.78, 5) is 56.2. The number of imidazole rings is 2. The van der Waals surface area contributed by atoms with E-state index >= 15 is 0 Å². The van der Waals surface area contributed by atoms with E-state index in [0.717, 1.165) is 147 Å². The van der Waals surface area contributed by atoms with Crippen molar-refractivity contribution >= 4 is 60.9 Å². The first-order valence-electron chi connectivity index (χ1n) is 25.4. The summed E-state index contributed by atoms with van der Waals surface area (Å²) in [6.45, 7) is 13.6. The van der Waals surface area contributed by atoms with Gasteiger partial charge < -0.3 is 60.1 Å². The van der Waals surface area contributed by atoms with E-state index in [0.29, 0.717) is 46.2 Å². The third-order valence-electron chi connectivity index (χ3n) is 15.4. The topological polar surface area (TPSA) is 187 Å². The Morgan fingerprint density at radius 2 is 1.04 bits per heavy atom. The number of para-hydroxylation sites is 4. The molecule has 16 rings (SSSR count). The first-order valence-corrected chi connectivity index (χ1v) is 25.4. The van der Waals surface area contributed by atoms with Crippen molar-refractivity contribution in [3.8, 4) is 22.8 Å². The zero-order valence-electron chi connectivity index (χ0n) is 39.9. The molecule has 17 heteroatoms. The van der Waals surface area contributed by atoms with Crippen LogP contribution in [0.1, 0.15) is 25.7 Å². The number of nitrogens with one attached hydrogen (secondary N) is 7. The molecule has 0 saturated carbocycles. The number of morpholine rings is 2. The number of nitrogens with zero attached hydrogens (tertiary/aromatic N) is 5. The third-order valence-corrected chi connectivity index (χ3v) is 15.4. The number of anilines is 3. The Kier molecular flexibility index (Phi) is 12.7. The molecular formula is C54H61FN12O4. The molecule has 8 fully saturated rings. The van der Waals surface area contributed by atoms with Crippen LogP contribution >= 0.6 is 0 Å². The second kappa shape index (κ2) is 19.9. The highest BCUT2D eigenvalue weighted by Gasteiger charge is 2.37. The minimum Gasteiger partial charge on any atom is -0.379 e. The average Bonchev–Trinajstić information content (AvgIpc) is 4.05. The second-order valence-electron chi connectivity index (χ2n) is 19.8. The van der Waals surface area contributed by atoms with E-state index in [2.05, 4.69) is 73.8 Å². The van der Waals surface area contributed by atoms with Crippen molar-refractivity contribution in [2.45, 2.75) is 37.8 Å². The lowest BCUT2D eigenvalue weighted by molar-refractivity contribution is 0.0976. The number of hydrogen-bond donors (Lipinski definition) is 7. The van der Waals surface area contributed by atoms with Crippen LogP contribution in [0.15, 0.2) is 94.5 Å². The standard InChI is InChI=1S/C27H30N6O2.C23H22FN5O.C4H9NO/c34-27-24(26-29-20-3-1-2-4-21(20)30-26)25(28-23-16-32-9-7-17(23)8-10-32)19-6-5-18(15-22(19)31-27)33-11-13-35-14-12-33;24-14-5-6-15-18(11-14)28-23(30)20(22-26-16-3-1-2-4-17(16)27-22)21(15)25-19-12-29-9-7-13(19)8-10-29;1-3-6-4-2-5-1/h1-6,15,17,23H,7-14,16H2,(H,29,30)(H2,28,31,34);1-6,11,13,19H,7-10,12H2,(H,26,27)(H2,25,28,30);5H,1-4H2. The highest BCUT2D eigenvalue weighted by atomic mass is 19.1. The largest absolute Gasteiger partial charge is 0.379 e. The van der Waals surface area contributed by atoms with Gasteiger partial charge in [0, 0.05) is 67.8 Å². The van der Waals surface area contributed by atoms with Gasteiger partial charge in [0.1, 0.15) is 28.6 Å². The van der Waals surface area contributed by atoms with Gasteiger partial charge in [-0.3, -0.25) is 9.59 Å². The molecule has 4 aromatic carbocycles. The fourth-order valence-corrected chi connectivity index (χ4v) is 11.6. The molecule has 0 spiro atoms. The van der Waals surface area contributed by atoms with Gasteiger partial charge in [-0.2, -0.15) is 0 Å². The molecule has 8 aliphatic heterocycles. The number of rotatable bonds is 7. The Morgan fingerprint density at radius 1 is 0.549 bits per heavy atom. The Hall–Kier alpha value is -6.63. The summed E-state index contributed by atoms with van der Waals surface area (Å²) >= 11 is 0. The number of fused-ring (bicyclic) bond motifs is 10. The fourth-order valence-electron chi connectivity index (χ4n) is 11.6. The predicted molar refractivity (Wildman–Crippen MR) is 279 cm³/mol. The SMILES string of the molecule is C1COCCN1.O=c1[nH]c2cc(F)ccc2c(NC2CN3CCC2CC3)c1-c1nc2ccccc2[nH]1.O=c1[nH]c2cc(N3CCOCC3)ccc2c(NC2CN3CCC2CC3)c1-c1nc2ccccc2[nH]1. The summed E-state index contributed by atoms with van der Waals surface area (Å²) in [5, 5.41) is 12.5. The second-order valence-corrected chi connectivity index (χ2v) is 19.8. The van der Waals surface area contributed by atoms with Crippen molar-refractivity contribution in [2.75, 3.05) is 107 Å². The van der Waals surface area contributed by atoms with Gasteiger partial charge in [-0.1, -0.05) is 24.3 Å². The van der Waals surface area contributed by atoms with Crippen LogP contribution < -0.4 is 32.0 Å². The number of piperidine rings is 6. The van der Waals surface area contributed by atoms with Crippen molar-refractivity contribution in [2.24, 2.45) is 11.8 Å². The number of pyridine rings is 2. The van der Waals surface area contributed by atoms with E-state index in [1.165, 1.54) is 38.1 Å². The monoisotopic (exact) mass is 960 g/mol. The molecule has 0 aliphatic carbocycles. The molecule has 71 heavy (non-hydrogen) atoms. The quantitative estimate of drug-likeness (QED) is 0.0894. The summed E-state index contributed by atoms with van der Waals surface area (Å²) in [5.74, 6) is 1.96. The maximum absolute atomic E-state index is 13.9. The van der Waals surface area contributed by atoms with E-state index in [1.807, 2.05) is 48.5 Å². The maximum Gasteiger partial charge on any atom is 0.261 e. The number of H-pyrrole nitrogens is 4. The molecule has 16 nitrogen and oxygen atoms in total. The van der Waals surface area contributed by atoms with Crippen molar-refractivity contribution < 1.29 is 13.9 Å². The molecule has 4 bridgehead atoms. The molecule has 0 amide bonds. The number of halogens is 1. The van der Waals surface area contributed by atoms with Gasteiger partial charge in [-0.05, 0) is 124 Å². The van der Waals surface area contributed by atoms with E-state index in [9.17, 15) is 14.0 Å². The van der Waals surface area contributed by atoms with Gasteiger partial charge in [0.25, 0.3) is 11.1 Å². The van der Waals surface area contributed by atoms with Gasteiger partial charge in [0.05, 0.1) is 70.9 Å². The summed E-state index contributed by atoms with van der Waals surface area (Å²) in [5.41, 5.74) is 8.19. The summed E-state index contributed by atoms with van der Waals surface area (Å²) in [6.07, 6.45) is 4.74. The van der Waals surface area contributed by atoms with Crippen LogP contribution in [0.5, 0.6) is 0 Å². The number of aromatic nitrogens is 6. The van der Waals surface area contributed by atoms with E-state index in [4.69, 9.17) is 14.5 Å². The molecule has 2 atom stereocenters. The lowest BCUT2D eigenvalue weighted by Gasteiger charge is -2.45. The van der Waals surface area contributed by atoms with E-state index < -0.39 is 0 Å². The van der Waals surface area contributed by atoms with Crippen LogP contribution in [0.3, 0.4) is 0 Å². The highest BCUT2D eigenvalue weighted by Crippen LogP contribution is 2.38. The first kappa shape index (κ1) is 45.5. The normalized spacial score (nSPS) is 23.9. The fraction of sp³-hybridized carbons (Fsp3) is 0.407. The van der Waals surface area contributed by atoms with Gasteiger partial charge >= 0.3 is 0 Å². The molecular weight excluding hydrogens is 900 g/mol. The number of benzene rings is 4. The van der Waals surface area contributed by atoms with Crippen LogP contribution in [0.2, 0.25) is 0 Å². The third kappa shape index (κ3) is 9.40. The molecule has 0 radical (unpaired) electrons. The zero-order chi connectivity index (χ0) is 47.8. The average molecular weight is 961 g/mol. The Morgan fingerprint density at radius 3 is 1.51 bits per heavy atom. The highest BCUT2D eigenvalue weighted by molar-refractivity contribution is 6.01. The molecule has 2 unspecified atom stereocenters. The van der Waals surface area contributed by atoms with Crippen molar-refractivity contribution in [3.05, 3.63) is 111 Å². The lowest BCUT2D eigenvalue weighted by atomic mass is 9.83. The number of ether oxygens (including phenoxy) is 2. The Balaban J connectivity index is 0.000000132. The van der Waals surface area contributed by atoms with E-state index in [1.54, 1.807) is 6.07 Å². The first-order chi connectivity index (χ1) is 34.9. The van der Waals surface area contributed by atoms with Crippen LogP contribution in [-0.4, -0.2) is 144 Å². The number of hydrogen-bond acceptors (Lipinski definition) is 12. The molecule has 12 heterocycles. The van der Waals surface area contributed by atoms with Gasteiger partial charge in [-0.25, -0.2) is 14.4 Å². The van der Waals surface area contributed by atoms with Crippen molar-refractivity contribution in [1.82, 2.24) is 45.0 Å². The minimum atomic E-state index is -0.372. The van der Waals surface area contributed by atoms with Crippen LogP contribution in [-0.2, 0) is 9.47 Å². The van der Waals surface area contributed by atoms with Gasteiger partial charge in [-0.15, -0.1) is 0 Å². The predicted octanol–water partition coefficient (Wildman–Crippen LogP) is 6.74. The smallest absolute Gasteiger partial charge is 0.261 e.